The number of amides is 1. The van der Waals surface area contributed by atoms with Crippen LogP contribution in [-0.2, 0) is 6.42 Å². The summed E-state index contributed by atoms with van der Waals surface area (Å²) < 4.78 is 11.2. The lowest BCUT2D eigenvalue weighted by molar-refractivity contribution is -0.385. The first kappa shape index (κ1) is 18.6. The topological polar surface area (TPSA) is 104 Å². The molecule has 1 aromatic heterocycles. The molecule has 3 aromatic rings. The molecular weight excluding hydrogens is 370 g/mol. The Morgan fingerprint density at radius 3 is 2.56 bits per heavy atom. The SMILES string of the molecule is CCc1ccc2nc(NC(=O)c3cc(OC)c(OC)cc3[N+](=O)[O-])sc2c1. The van der Waals surface area contributed by atoms with Gasteiger partial charge in [0.2, 0.25) is 0 Å². The Hall–Kier alpha value is -3.20. The lowest BCUT2D eigenvalue weighted by Gasteiger charge is -2.10. The van der Waals surface area contributed by atoms with Crippen molar-refractivity contribution in [3.63, 3.8) is 0 Å². The summed E-state index contributed by atoms with van der Waals surface area (Å²) in [5.74, 6) is -0.240. The highest BCUT2D eigenvalue weighted by molar-refractivity contribution is 7.22. The number of benzene rings is 2. The summed E-state index contributed by atoms with van der Waals surface area (Å²) in [5, 5.41) is 14.4. The largest absolute Gasteiger partial charge is 0.493 e. The van der Waals surface area contributed by atoms with Gasteiger partial charge in [-0.05, 0) is 24.1 Å². The Morgan fingerprint density at radius 2 is 1.93 bits per heavy atom. The minimum absolute atomic E-state index is 0.133. The molecule has 9 heteroatoms. The molecule has 2 aromatic carbocycles. The average Bonchev–Trinajstić information content (AvgIpc) is 3.07. The van der Waals surface area contributed by atoms with Gasteiger partial charge in [0.25, 0.3) is 11.6 Å². The first-order valence-corrected chi connectivity index (χ1v) is 8.89. The molecule has 0 atom stereocenters. The Balaban J connectivity index is 1.97. The van der Waals surface area contributed by atoms with Crippen molar-refractivity contribution in [1.29, 1.82) is 0 Å². The van der Waals surface area contributed by atoms with Crippen LogP contribution in [0, 0.1) is 10.1 Å². The maximum atomic E-state index is 12.7. The van der Waals surface area contributed by atoms with E-state index in [2.05, 4.69) is 17.2 Å². The van der Waals surface area contributed by atoms with E-state index in [0.717, 1.165) is 16.6 Å². The third-order valence-electron chi connectivity index (χ3n) is 4.02. The summed E-state index contributed by atoms with van der Waals surface area (Å²) >= 11 is 1.31. The van der Waals surface area contributed by atoms with E-state index in [4.69, 9.17) is 9.47 Å². The van der Waals surface area contributed by atoms with Crippen LogP contribution < -0.4 is 14.8 Å². The molecule has 0 unspecified atom stereocenters. The lowest BCUT2D eigenvalue weighted by Crippen LogP contribution is -2.14. The lowest BCUT2D eigenvalue weighted by atomic mass is 10.1. The summed E-state index contributed by atoms with van der Waals surface area (Å²) in [6.45, 7) is 2.06. The minimum Gasteiger partial charge on any atom is -0.493 e. The Kier molecular flexibility index (Phi) is 5.22. The number of ether oxygens (including phenoxy) is 2. The number of nitrogens with zero attached hydrogens (tertiary/aromatic N) is 2. The van der Waals surface area contributed by atoms with Gasteiger partial charge in [-0.2, -0.15) is 0 Å². The number of hydrogen-bond donors (Lipinski definition) is 1. The van der Waals surface area contributed by atoms with Crippen molar-refractivity contribution in [3.8, 4) is 11.5 Å². The van der Waals surface area contributed by atoms with Crippen LogP contribution in [0.5, 0.6) is 11.5 Å². The number of thiazole rings is 1. The molecule has 0 radical (unpaired) electrons. The first-order chi connectivity index (χ1) is 13.0. The van der Waals surface area contributed by atoms with Gasteiger partial charge in [-0.3, -0.25) is 20.2 Å². The fourth-order valence-electron chi connectivity index (χ4n) is 2.61. The van der Waals surface area contributed by atoms with Crippen LogP contribution in [0.4, 0.5) is 10.8 Å². The maximum Gasteiger partial charge on any atom is 0.286 e. The third kappa shape index (κ3) is 3.68. The minimum atomic E-state index is -0.641. The first-order valence-electron chi connectivity index (χ1n) is 8.08. The predicted molar refractivity (Wildman–Crippen MR) is 103 cm³/mol. The number of anilines is 1. The van der Waals surface area contributed by atoms with Crippen LogP contribution in [0.3, 0.4) is 0 Å². The van der Waals surface area contributed by atoms with Crippen LogP contribution in [0.25, 0.3) is 10.2 Å². The van der Waals surface area contributed by atoms with E-state index in [1.165, 1.54) is 43.3 Å². The molecule has 3 rings (SSSR count). The zero-order chi connectivity index (χ0) is 19.6. The van der Waals surface area contributed by atoms with Crippen molar-refractivity contribution < 1.29 is 19.2 Å². The Morgan fingerprint density at radius 1 is 1.22 bits per heavy atom. The van der Waals surface area contributed by atoms with Crippen molar-refractivity contribution in [2.75, 3.05) is 19.5 Å². The van der Waals surface area contributed by atoms with Crippen LogP contribution in [-0.4, -0.2) is 30.0 Å². The quantitative estimate of drug-likeness (QED) is 0.506. The zero-order valence-electron chi connectivity index (χ0n) is 14.9. The van der Waals surface area contributed by atoms with E-state index in [1.54, 1.807) is 0 Å². The van der Waals surface area contributed by atoms with E-state index < -0.39 is 10.8 Å². The number of methoxy groups -OCH3 is 2. The highest BCUT2D eigenvalue weighted by Gasteiger charge is 2.25. The van der Waals surface area contributed by atoms with E-state index in [9.17, 15) is 14.9 Å². The maximum absolute atomic E-state index is 12.7. The van der Waals surface area contributed by atoms with Crippen LogP contribution in [0.2, 0.25) is 0 Å². The average molecular weight is 387 g/mol. The number of aromatic nitrogens is 1. The van der Waals surface area contributed by atoms with Gasteiger partial charge in [-0.1, -0.05) is 24.3 Å². The molecule has 1 amide bonds. The van der Waals surface area contributed by atoms with Gasteiger partial charge < -0.3 is 9.47 Å². The summed E-state index contributed by atoms with van der Waals surface area (Å²) in [5.41, 5.74) is 1.42. The van der Waals surface area contributed by atoms with Gasteiger partial charge in [0.1, 0.15) is 5.56 Å². The normalized spacial score (nSPS) is 10.6. The molecule has 1 N–H and O–H groups in total. The van der Waals surface area contributed by atoms with Crippen LogP contribution >= 0.6 is 11.3 Å². The molecule has 140 valence electrons. The number of carbonyl (C=O) groups is 1. The van der Waals surface area contributed by atoms with Crippen molar-refractivity contribution in [2.24, 2.45) is 0 Å². The Bertz CT molecular complexity index is 1030. The summed E-state index contributed by atoms with van der Waals surface area (Å²) in [7, 11) is 2.76. The monoisotopic (exact) mass is 387 g/mol. The van der Waals surface area contributed by atoms with Gasteiger partial charge in [0, 0.05) is 6.07 Å². The number of nitrogens with one attached hydrogen (secondary N) is 1. The summed E-state index contributed by atoms with van der Waals surface area (Å²) in [6.07, 6.45) is 0.896. The second-order valence-electron chi connectivity index (χ2n) is 5.61. The van der Waals surface area contributed by atoms with E-state index in [1.807, 2.05) is 18.2 Å². The molecule has 0 aliphatic heterocycles. The number of fused-ring (bicyclic) bond motifs is 1. The molecule has 0 saturated heterocycles. The predicted octanol–water partition coefficient (Wildman–Crippen LogP) is 4.04. The van der Waals surface area contributed by atoms with E-state index >= 15 is 0 Å². The number of carbonyl (C=O) groups excluding carboxylic acids is 1. The number of rotatable bonds is 6. The fraction of sp³-hybridized carbons (Fsp3) is 0.222. The molecule has 0 bridgehead atoms. The van der Waals surface area contributed by atoms with Crippen LogP contribution in [0.15, 0.2) is 30.3 Å². The van der Waals surface area contributed by atoms with Crippen molar-refractivity contribution in [1.82, 2.24) is 4.98 Å². The van der Waals surface area contributed by atoms with Gasteiger partial charge in [0.15, 0.2) is 16.6 Å². The molecule has 1 heterocycles. The van der Waals surface area contributed by atoms with Gasteiger partial charge in [-0.25, -0.2) is 4.98 Å². The standard InChI is InChI=1S/C18H17N3O5S/c1-4-10-5-6-12-16(7-10)27-18(19-12)20-17(22)11-8-14(25-2)15(26-3)9-13(11)21(23)24/h5-9H,4H2,1-3H3,(H,19,20,22). The number of nitro benzene ring substituents is 1. The Labute approximate surface area is 158 Å². The molecular formula is C18H17N3O5S. The van der Waals surface area contributed by atoms with E-state index in [-0.39, 0.29) is 22.7 Å². The second-order valence-corrected chi connectivity index (χ2v) is 6.64. The van der Waals surface area contributed by atoms with Crippen LogP contribution in [0.1, 0.15) is 22.8 Å². The molecule has 0 saturated carbocycles. The van der Waals surface area contributed by atoms with Gasteiger partial charge in [0.05, 0.1) is 35.4 Å². The molecule has 0 aliphatic rings. The van der Waals surface area contributed by atoms with Crippen molar-refractivity contribution >= 4 is 38.3 Å². The third-order valence-corrected chi connectivity index (χ3v) is 4.96. The summed E-state index contributed by atoms with van der Waals surface area (Å²) in [4.78, 5) is 27.8. The second kappa shape index (κ2) is 7.58. The molecule has 0 spiro atoms. The highest BCUT2D eigenvalue weighted by atomic mass is 32.1. The number of nitro groups is 1. The molecule has 27 heavy (non-hydrogen) atoms. The van der Waals surface area contributed by atoms with E-state index in [0.29, 0.717) is 5.13 Å². The highest BCUT2D eigenvalue weighted by Crippen LogP contribution is 2.35. The van der Waals surface area contributed by atoms with Crippen molar-refractivity contribution in [2.45, 2.75) is 13.3 Å². The van der Waals surface area contributed by atoms with Gasteiger partial charge in [-0.15, -0.1) is 0 Å². The smallest absolute Gasteiger partial charge is 0.286 e. The zero-order valence-corrected chi connectivity index (χ0v) is 15.8. The fourth-order valence-corrected chi connectivity index (χ4v) is 3.53. The van der Waals surface area contributed by atoms with Crippen molar-refractivity contribution in [3.05, 3.63) is 51.6 Å². The molecule has 8 nitrogen and oxygen atoms in total. The van der Waals surface area contributed by atoms with Gasteiger partial charge >= 0.3 is 0 Å². The number of hydrogen-bond acceptors (Lipinski definition) is 7. The molecule has 0 fully saturated rings. The molecule has 0 aliphatic carbocycles. The summed E-state index contributed by atoms with van der Waals surface area (Å²) in [6, 6.07) is 8.34. The number of aryl methyl sites for hydroxylation is 1.